The molecule has 0 aromatic heterocycles. The Morgan fingerprint density at radius 3 is 2.56 bits per heavy atom. The van der Waals surface area contributed by atoms with E-state index in [1.807, 2.05) is 13.0 Å². The van der Waals surface area contributed by atoms with Gasteiger partial charge in [0.15, 0.2) is 0 Å². The second kappa shape index (κ2) is 5.38. The normalized spacial score (nSPS) is 18.2. The number of sulfonamides is 1. The Morgan fingerprint density at radius 1 is 1.28 bits per heavy atom. The van der Waals surface area contributed by atoms with E-state index < -0.39 is 10.0 Å². The third kappa shape index (κ3) is 2.74. The quantitative estimate of drug-likeness (QED) is 0.900. The summed E-state index contributed by atoms with van der Waals surface area (Å²) >= 11 is 0. The summed E-state index contributed by atoms with van der Waals surface area (Å²) < 4.78 is 26.5. The molecule has 0 spiro atoms. The number of nitrogens with one attached hydrogen (secondary N) is 1. The van der Waals surface area contributed by atoms with Crippen molar-refractivity contribution >= 4 is 10.0 Å². The number of benzene rings is 1. The van der Waals surface area contributed by atoms with Gasteiger partial charge in [-0.25, -0.2) is 8.42 Å². The zero-order valence-corrected chi connectivity index (χ0v) is 11.7. The summed E-state index contributed by atoms with van der Waals surface area (Å²) in [6, 6.07) is 7.20. The van der Waals surface area contributed by atoms with Crippen LogP contribution in [0.25, 0.3) is 0 Å². The summed E-state index contributed by atoms with van der Waals surface area (Å²) in [5, 5.41) is 3.25. The maximum atomic E-state index is 12.5. The van der Waals surface area contributed by atoms with Crippen molar-refractivity contribution in [3.05, 3.63) is 29.8 Å². The van der Waals surface area contributed by atoms with Gasteiger partial charge in [0, 0.05) is 13.1 Å². The van der Waals surface area contributed by atoms with Crippen molar-refractivity contribution < 1.29 is 8.42 Å². The Balaban J connectivity index is 2.24. The van der Waals surface area contributed by atoms with Gasteiger partial charge in [0.2, 0.25) is 10.0 Å². The van der Waals surface area contributed by atoms with Crippen LogP contribution in [-0.2, 0) is 10.0 Å². The second-order valence-electron chi connectivity index (χ2n) is 4.82. The molecular weight excluding hydrogens is 248 g/mol. The minimum absolute atomic E-state index is 0.108. The Kier molecular flexibility index (Phi) is 4.04. The molecule has 18 heavy (non-hydrogen) atoms. The zero-order chi connectivity index (χ0) is 13.2. The topological polar surface area (TPSA) is 49.4 Å². The minimum atomic E-state index is -3.36. The highest BCUT2D eigenvalue weighted by atomic mass is 32.2. The maximum absolute atomic E-state index is 12.5. The van der Waals surface area contributed by atoms with Gasteiger partial charge in [0.1, 0.15) is 0 Å². The molecule has 1 aromatic carbocycles. The average molecular weight is 268 g/mol. The molecule has 1 saturated heterocycles. The van der Waals surface area contributed by atoms with Crippen molar-refractivity contribution in [3.8, 4) is 0 Å². The summed E-state index contributed by atoms with van der Waals surface area (Å²) in [5.41, 5.74) is 0.967. The van der Waals surface area contributed by atoms with Crippen LogP contribution in [0.1, 0.15) is 18.4 Å². The first-order valence-corrected chi connectivity index (χ1v) is 7.71. The zero-order valence-electron chi connectivity index (χ0n) is 10.9. The Bertz CT molecular complexity index is 507. The third-order valence-corrected chi connectivity index (χ3v) is 5.40. The second-order valence-corrected chi connectivity index (χ2v) is 6.82. The summed E-state index contributed by atoms with van der Waals surface area (Å²) in [5.74, 6) is 0. The van der Waals surface area contributed by atoms with Gasteiger partial charge in [0.25, 0.3) is 0 Å². The Labute approximate surface area is 109 Å². The molecule has 0 aliphatic carbocycles. The van der Waals surface area contributed by atoms with Crippen LogP contribution < -0.4 is 5.32 Å². The van der Waals surface area contributed by atoms with E-state index in [-0.39, 0.29) is 6.04 Å². The maximum Gasteiger partial charge on any atom is 0.243 e. The molecule has 1 N–H and O–H groups in total. The molecule has 2 rings (SSSR count). The van der Waals surface area contributed by atoms with Crippen LogP contribution in [0.3, 0.4) is 0 Å². The fraction of sp³-hybridized carbons (Fsp3) is 0.538. The van der Waals surface area contributed by atoms with Crippen LogP contribution >= 0.6 is 0 Å². The molecule has 0 bridgehead atoms. The monoisotopic (exact) mass is 268 g/mol. The van der Waals surface area contributed by atoms with Gasteiger partial charge in [-0.15, -0.1) is 0 Å². The van der Waals surface area contributed by atoms with Crippen LogP contribution in [0.4, 0.5) is 0 Å². The van der Waals surface area contributed by atoms with E-state index in [1.54, 1.807) is 25.2 Å². The highest BCUT2D eigenvalue weighted by molar-refractivity contribution is 7.89. The summed E-state index contributed by atoms with van der Waals surface area (Å²) in [7, 11) is -1.67. The summed E-state index contributed by atoms with van der Waals surface area (Å²) in [6.07, 6.45) is 1.75. The molecular formula is C13H20N2O2S. The van der Waals surface area contributed by atoms with Crippen molar-refractivity contribution in [3.63, 3.8) is 0 Å². The lowest BCUT2D eigenvalue weighted by Crippen LogP contribution is -2.43. The summed E-state index contributed by atoms with van der Waals surface area (Å²) in [6.45, 7) is 3.68. The van der Waals surface area contributed by atoms with Crippen molar-refractivity contribution in [2.45, 2.75) is 30.7 Å². The fourth-order valence-electron chi connectivity index (χ4n) is 2.31. The van der Waals surface area contributed by atoms with Crippen LogP contribution in [0.5, 0.6) is 0 Å². The van der Waals surface area contributed by atoms with E-state index in [1.165, 1.54) is 4.31 Å². The molecule has 0 unspecified atom stereocenters. The number of aryl methyl sites for hydroxylation is 1. The lowest BCUT2D eigenvalue weighted by Gasteiger charge is -2.30. The predicted octanol–water partition coefficient (Wildman–Crippen LogP) is 1.37. The van der Waals surface area contributed by atoms with E-state index in [0.29, 0.717) is 4.90 Å². The molecule has 100 valence electrons. The van der Waals surface area contributed by atoms with E-state index in [0.717, 1.165) is 31.5 Å². The van der Waals surface area contributed by atoms with Gasteiger partial charge in [-0.3, -0.25) is 0 Å². The molecule has 1 aliphatic rings. The van der Waals surface area contributed by atoms with E-state index in [9.17, 15) is 8.42 Å². The van der Waals surface area contributed by atoms with Crippen LogP contribution in [-0.4, -0.2) is 38.9 Å². The minimum Gasteiger partial charge on any atom is -0.317 e. The van der Waals surface area contributed by atoms with Crippen molar-refractivity contribution in [2.24, 2.45) is 0 Å². The predicted molar refractivity (Wildman–Crippen MR) is 72.0 cm³/mol. The largest absolute Gasteiger partial charge is 0.317 e. The number of rotatable bonds is 3. The smallest absolute Gasteiger partial charge is 0.243 e. The highest BCUT2D eigenvalue weighted by Gasteiger charge is 2.28. The van der Waals surface area contributed by atoms with Gasteiger partial charge in [-0.05, 0) is 50.6 Å². The van der Waals surface area contributed by atoms with Gasteiger partial charge < -0.3 is 5.32 Å². The Morgan fingerprint density at radius 2 is 1.94 bits per heavy atom. The van der Waals surface area contributed by atoms with Crippen LogP contribution in [0, 0.1) is 6.92 Å². The molecule has 1 heterocycles. The van der Waals surface area contributed by atoms with Gasteiger partial charge >= 0.3 is 0 Å². The first-order chi connectivity index (χ1) is 8.51. The van der Waals surface area contributed by atoms with E-state index >= 15 is 0 Å². The summed E-state index contributed by atoms with van der Waals surface area (Å²) in [4.78, 5) is 0.392. The van der Waals surface area contributed by atoms with Crippen molar-refractivity contribution in [1.82, 2.24) is 9.62 Å². The number of hydrogen-bond donors (Lipinski definition) is 1. The highest BCUT2D eigenvalue weighted by Crippen LogP contribution is 2.21. The van der Waals surface area contributed by atoms with Gasteiger partial charge in [-0.1, -0.05) is 12.1 Å². The average Bonchev–Trinajstić information content (AvgIpc) is 2.39. The lowest BCUT2D eigenvalue weighted by atomic mass is 10.1. The Hall–Kier alpha value is -0.910. The van der Waals surface area contributed by atoms with E-state index in [4.69, 9.17) is 0 Å². The molecule has 0 amide bonds. The van der Waals surface area contributed by atoms with Crippen molar-refractivity contribution in [2.75, 3.05) is 20.1 Å². The van der Waals surface area contributed by atoms with Gasteiger partial charge in [-0.2, -0.15) is 4.31 Å². The van der Waals surface area contributed by atoms with E-state index in [2.05, 4.69) is 5.32 Å². The standard InChI is InChI=1S/C13H20N2O2S/c1-11-4-3-5-13(10-11)18(16,17)15(2)12-6-8-14-9-7-12/h3-5,10,12,14H,6-9H2,1-2H3. The molecule has 1 aliphatic heterocycles. The lowest BCUT2D eigenvalue weighted by molar-refractivity contribution is 0.296. The molecule has 0 saturated carbocycles. The first kappa shape index (κ1) is 13.5. The van der Waals surface area contributed by atoms with Crippen LogP contribution in [0.15, 0.2) is 29.2 Å². The van der Waals surface area contributed by atoms with Gasteiger partial charge in [0.05, 0.1) is 4.90 Å². The number of hydrogen-bond acceptors (Lipinski definition) is 3. The molecule has 4 nitrogen and oxygen atoms in total. The molecule has 1 fully saturated rings. The first-order valence-electron chi connectivity index (χ1n) is 6.27. The SMILES string of the molecule is Cc1cccc(S(=O)(=O)N(C)C2CCNCC2)c1. The fourth-order valence-corrected chi connectivity index (χ4v) is 3.83. The van der Waals surface area contributed by atoms with Crippen LogP contribution in [0.2, 0.25) is 0 Å². The molecule has 0 radical (unpaired) electrons. The number of piperidine rings is 1. The third-order valence-electron chi connectivity index (χ3n) is 3.49. The van der Waals surface area contributed by atoms with Crippen molar-refractivity contribution in [1.29, 1.82) is 0 Å². The molecule has 1 aromatic rings. The molecule has 0 atom stereocenters. The number of nitrogens with zero attached hydrogens (tertiary/aromatic N) is 1. The molecule has 5 heteroatoms.